The topological polar surface area (TPSA) is 75.5 Å². The molecular formula is C19H15FN6O. The van der Waals surface area contributed by atoms with Crippen LogP contribution in [0.4, 0.5) is 10.1 Å². The maximum absolute atomic E-state index is 15.7. The highest BCUT2D eigenvalue weighted by molar-refractivity contribution is 5.83. The summed E-state index contributed by atoms with van der Waals surface area (Å²) in [5, 5.41) is 5.45. The molecule has 0 saturated heterocycles. The molecule has 0 bridgehead atoms. The summed E-state index contributed by atoms with van der Waals surface area (Å²) in [5.41, 5.74) is 6.19. The minimum absolute atomic E-state index is 0.0782. The van der Waals surface area contributed by atoms with E-state index in [1.165, 1.54) is 0 Å². The van der Waals surface area contributed by atoms with Crippen LogP contribution in [-0.4, -0.2) is 22.0 Å². The molecule has 0 spiro atoms. The van der Waals surface area contributed by atoms with Gasteiger partial charge in [0.2, 0.25) is 0 Å². The fourth-order valence-electron chi connectivity index (χ4n) is 3.43. The molecule has 8 heteroatoms. The Hall–Kier alpha value is -3.55. The molecule has 1 aromatic heterocycles. The summed E-state index contributed by atoms with van der Waals surface area (Å²) < 4.78 is 21.6. The maximum atomic E-state index is 15.7. The van der Waals surface area contributed by atoms with Gasteiger partial charge in [0.05, 0.1) is 24.1 Å². The number of aromatic nitrogens is 3. The Kier molecular flexibility index (Phi) is 3.33. The van der Waals surface area contributed by atoms with E-state index in [0.717, 1.165) is 11.4 Å². The fourth-order valence-corrected chi connectivity index (χ4v) is 3.43. The number of aryl methyl sites for hydroxylation is 1. The number of allylic oxidation sites excluding steroid dienone is 1. The lowest BCUT2D eigenvalue weighted by molar-refractivity contribution is 0.404. The smallest absolute Gasteiger partial charge is 0.322 e. The lowest BCUT2D eigenvalue weighted by Gasteiger charge is -2.19. The van der Waals surface area contributed by atoms with Crippen LogP contribution in [0, 0.1) is 12.7 Å². The second kappa shape index (κ2) is 5.73. The van der Waals surface area contributed by atoms with E-state index in [2.05, 4.69) is 25.5 Å². The highest BCUT2D eigenvalue weighted by Gasteiger charge is 2.28. The molecule has 4 heterocycles. The van der Waals surface area contributed by atoms with E-state index < -0.39 is 5.82 Å². The summed E-state index contributed by atoms with van der Waals surface area (Å²) in [6.07, 6.45) is 8.77. The summed E-state index contributed by atoms with van der Waals surface area (Å²) in [7, 11) is 1.89. The van der Waals surface area contributed by atoms with Crippen molar-refractivity contribution < 1.29 is 9.13 Å². The van der Waals surface area contributed by atoms with Gasteiger partial charge < -0.3 is 15.1 Å². The van der Waals surface area contributed by atoms with E-state index in [0.29, 0.717) is 27.4 Å². The highest BCUT2D eigenvalue weighted by Crippen LogP contribution is 2.35. The van der Waals surface area contributed by atoms with Gasteiger partial charge in [0.1, 0.15) is 5.36 Å². The standard InChI is InChI=1S/C19H15FN6O/c1-10-5-6-21-19(24-10)27-18-11-4-3-7-26(2)17(11)16-14-12(15(18)20)8-23-25-13(14)9-22-16/h3-7,9,23H,8H2,1-2H3. The SMILES string of the molecule is Cc1ccnc(Oc2c(F)c3c4c(cnc-4c4c2=CC=CN4C)=NNC3)n1. The predicted octanol–water partition coefficient (Wildman–Crippen LogP) is 1.60. The predicted molar refractivity (Wildman–Crippen MR) is 97.3 cm³/mol. The molecule has 0 atom stereocenters. The number of ether oxygens (including phenoxy) is 1. The minimum atomic E-state index is -0.469. The Balaban J connectivity index is 1.88. The highest BCUT2D eigenvalue weighted by atomic mass is 19.1. The summed E-state index contributed by atoms with van der Waals surface area (Å²) >= 11 is 0. The first kappa shape index (κ1) is 15.7. The second-order valence-corrected chi connectivity index (χ2v) is 6.40. The molecule has 1 N–H and O–H groups in total. The van der Waals surface area contributed by atoms with E-state index in [9.17, 15) is 0 Å². The first-order chi connectivity index (χ1) is 13.1. The fraction of sp³-hybridized carbons (Fsp3) is 0.158. The monoisotopic (exact) mass is 362 g/mol. The molecule has 0 saturated carbocycles. The molecule has 3 aliphatic heterocycles. The van der Waals surface area contributed by atoms with Gasteiger partial charge in [0, 0.05) is 41.5 Å². The molecule has 27 heavy (non-hydrogen) atoms. The van der Waals surface area contributed by atoms with Crippen molar-refractivity contribution in [2.24, 2.45) is 5.10 Å². The summed E-state index contributed by atoms with van der Waals surface area (Å²) in [4.78, 5) is 14.8. The van der Waals surface area contributed by atoms with Crippen LogP contribution in [0.2, 0.25) is 0 Å². The summed E-state index contributed by atoms with van der Waals surface area (Å²) in [6, 6.07) is 1.85. The molecule has 0 amide bonds. The van der Waals surface area contributed by atoms with Gasteiger partial charge >= 0.3 is 6.01 Å². The minimum Gasteiger partial charge on any atom is -0.420 e. The lowest BCUT2D eigenvalue weighted by Crippen LogP contribution is -2.22. The van der Waals surface area contributed by atoms with E-state index in [4.69, 9.17) is 4.74 Å². The molecule has 1 aliphatic carbocycles. The van der Waals surface area contributed by atoms with Gasteiger partial charge in [0.15, 0.2) is 11.6 Å². The van der Waals surface area contributed by atoms with Crippen LogP contribution in [0.25, 0.3) is 17.3 Å². The average Bonchev–Trinajstić information content (AvgIpc) is 3.05. The molecule has 1 aromatic rings. The Morgan fingerprint density at radius 3 is 3.04 bits per heavy atom. The van der Waals surface area contributed by atoms with Crippen molar-refractivity contribution in [3.63, 3.8) is 0 Å². The van der Waals surface area contributed by atoms with Crippen molar-refractivity contribution in [3.8, 4) is 23.0 Å². The van der Waals surface area contributed by atoms with E-state index >= 15 is 4.39 Å². The Morgan fingerprint density at radius 2 is 2.19 bits per heavy atom. The third kappa shape index (κ3) is 2.33. The van der Waals surface area contributed by atoms with Gasteiger partial charge in [0.25, 0.3) is 0 Å². The van der Waals surface area contributed by atoms with Gasteiger partial charge in [-0.15, -0.1) is 0 Å². The van der Waals surface area contributed by atoms with Gasteiger partial charge in [-0.25, -0.2) is 14.4 Å². The molecule has 7 nitrogen and oxygen atoms in total. The van der Waals surface area contributed by atoms with E-state index in [1.807, 2.05) is 37.2 Å². The van der Waals surface area contributed by atoms with Crippen molar-refractivity contribution in [2.75, 3.05) is 11.9 Å². The molecule has 134 valence electrons. The van der Waals surface area contributed by atoms with Crippen molar-refractivity contribution in [2.45, 2.75) is 13.5 Å². The van der Waals surface area contributed by atoms with Gasteiger partial charge in [-0.2, -0.15) is 5.10 Å². The Labute approximate surface area is 153 Å². The number of hydrogen-bond donors (Lipinski definition) is 1. The molecule has 0 unspecified atom stereocenters. The zero-order chi connectivity index (χ0) is 18.5. The molecule has 5 rings (SSSR count). The van der Waals surface area contributed by atoms with Crippen molar-refractivity contribution in [3.05, 3.63) is 58.4 Å². The van der Waals surface area contributed by atoms with Crippen LogP contribution < -0.4 is 25.6 Å². The molecular weight excluding hydrogens is 347 g/mol. The summed E-state index contributed by atoms with van der Waals surface area (Å²) in [6.45, 7) is 2.07. The van der Waals surface area contributed by atoms with Crippen molar-refractivity contribution in [1.82, 2.24) is 20.4 Å². The third-order valence-corrected chi connectivity index (χ3v) is 4.65. The zero-order valence-corrected chi connectivity index (χ0v) is 14.7. The number of hydrogen-bond acceptors (Lipinski definition) is 7. The number of nitrogens with one attached hydrogen (secondary N) is 1. The number of anilines is 1. The zero-order valence-electron chi connectivity index (χ0n) is 14.7. The average molecular weight is 362 g/mol. The molecule has 0 aromatic carbocycles. The van der Waals surface area contributed by atoms with Crippen LogP contribution in [0.3, 0.4) is 0 Å². The number of nitrogens with zero attached hydrogens (tertiary/aromatic N) is 5. The Morgan fingerprint density at radius 1 is 1.30 bits per heavy atom. The van der Waals surface area contributed by atoms with E-state index in [-0.39, 0.29) is 18.3 Å². The largest absolute Gasteiger partial charge is 0.420 e. The Bertz CT molecular complexity index is 1210. The second-order valence-electron chi connectivity index (χ2n) is 6.40. The van der Waals surface area contributed by atoms with Gasteiger partial charge in [-0.1, -0.05) is 0 Å². The third-order valence-electron chi connectivity index (χ3n) is 4.65. The van der Waals surface area contributed by atoms with Gasteiger partial charge in [-0.05, 0) is 25.1 Å². The van der Waals surface area contributed by atoms with Crippen LogP contribution in [0.5, 0.6) is 11.8 Å². The van der Waals surface area contributed by atoms with Crippen LogP contribution in [-0.2, 0) is 6.54 Å². The summed E-state index contributed by atoms with van der Waals surface area (Å²) in [5.74, 6) is -0.391. The first-order valence-corrected chi connectivity index (χ1v) is 8.46. The van der Waals surface area contributed by atoms with Gasteiger partial charge in [-0.3, -0.25) is 4.98 Å². The molecule has 4 aliphatic rings. The molecule has 0 fully saturated rings. The molecule has 0 radical (unpaired) electrons. The maximum Gasteiger partial charge on any atom is 0.322 e. The van der Waals surface area contributed by atoms with Crippen LogP contribution in [0.15, 0.2) is 35.8 Å². The lowest BCUT2D eigenvalue weighted by atomic mass is 10.1. The number of fused-ring (bicyclic) bond motifs is 2. The first-order valence-electron chi connectivity index (χ1n) is 8.46. The van der Waals surface area contributed by atoms with Crippen molar-refractivity contribution in [1.29, 1.82) is 0 Å². The van der Waals surface area contributed by atoms with Crippen LogP contribution >= 0.6 is 0 Å². The van der Waals surface area contributed by atoms with E-state index in [1.54, 1.807) is 18.5 Å². The number of rotatable bonds is 2. The number of halogens is 1. The normalized spacial score (nSPS) is 14.3. The van der Waals surface area contributed by atoms with Crippen molar-refractivity contribution >= 4 is 11.8 Å². The quantitative estimate of drug-likeness (QED) is 0.746. The van der Waals surface area contributed by atoms with Crippen LogP contribution in [0.1, 0.15) is 11.3 Å².